The predicted molar refractivity (Wildman–Crippen MR) is 56.9 cm³/mol. The third kappa shape index (κ3) is 4.59. The highest BCUT2D eigenvalue weighted by Crippen LogP contribution is 2.50. The molecule has 0 rings (SSSR count). The average Bonchev–Trinajstić information content (AvgIpc) is 1.98. The molecule has 96 valence electrons. The summed E-state index contributed by atoms with van der Waals surface area (Å²) in [7, 11) is 0.243. The topological polar surface area (TPSA) is 104 Å². The first-order valence-electron chi connectivity index (χ1n) is 4.74. The Kier molecular flexibility index (Phi) is 5.58. The van der Waals surface area contributed by atoms with Gasteiger partial charge in [0.25, 0.3) is 5.78 Å². The Bertz CT molecular complexity index is 287. The number of carboxylic acids is 1. The maximum absolute atomic E-state index is 11.7. The molecule has 0 aromatic carbocycles. The van der Waals surface area contributed by atoms with Gasteiger partial charge in [0.2, 0.25) is 0 Å². The van der Waals surface area contributed by atoms with Crippen molar-refractivity contribution >= 4 is 13.6 Å². The van der Waals surface area contributed by atoms with Crippen molar-refractivity contribution in [3.63, 3.8) is 0 Å². The van der Waals surface area contributed by atoms with Crippen LogP contribution in [0.4, 0.5) is 0 Å². The van der Waals surface area contributed by atoms with Gasteiger partial charge < -0.3 is 24.1 Å². The van der Waals surface area contributed by atoms with Crippen LogP contribution in [0, 0.1) is 0 Å². The fourth-order valence-electron chi connectivity index (χ4n) is 1.24. The standard InChI is InChI=1S/C8H18NO6P/c1-9(2,3)7(8(11)12)16(13,14)15-6-4-5-10/h7,10H,4-6H2,1-3H3,(H-,11,12,13,14)/p+1. The molecule has 0 aliphatic heterocycles. The molecule has 0 amide bonds. The van der Waals surface area contributed by atoms with Crippen LogP contribution >= 0.6 is 7.60 Å². The molecule has 16 heavy (non-hydrogen) atoms. The number of hydrogen-bond acceptors (Lipinski definition) is 4. The molecular formula is C8H19NO6P+. The lowest BCUT2D eigenvalue weighted by molar-refractivity contribution is -0.875. The van der Waals surface area contributed by atoms with Gasteiger partial charge in [-0.15, -0.1) is 0 Å². The van der Waals surface area contributed by atoms with Gasteiger partial charge in [-0.2, -0.15) is 0 Å². The van der Waals surface area contributed by atoms with Crippen LogP contribution < -0.4 is 0 Å². The molecule has 2 atom stereocenters. The highest BCUT2D eigenvalue weighted by Gasteiger charge is 2.48. The normalized spacial score (nSPS) is 17.8. The van der Waals surface area contributed by atoms with Gasteiger partial charge in [0.1, 0.15) is 0 Å². The number of aliphatic carboxylic acids is 1. The quantitative estimate of drug-likeness (QED) is 0.328. The number of carboxylic acid groups (broad SMARTS) is 1. The van der Waals surface area contributed by atoms with Crippen molar-refractivity contribution in [3.8, 4) is 0 Å². The summed E-state index contributed by atoms with van der Waals surface area (Å²) in [5.74, 6) is -2.92. The van der Waals surface area contributed by atoms with Crippen molar-refractivity contribution in [1.29, 1.82) is 0 Å². The molecule has 3 N–H and O–H groups in total. The molecule has 0 bridgehead atoms. The summed E-state index contributed by atoms with van der Waals surface area (Å²) in [5, 5.41) is 17.4. The molecule has 0 aromatic heterocycles. The largest absolute Gasteiger partial charge is 0.476 e. The summed E-state index contributed by atoms with van der Waals surface area (Å²) in [6, 6.07) is 0. The Balaban J connectivity index is 4.78. The molecule has 0 aliphatic rings. The van der Waals surface area contributed by atoms with E-state index < -0.39 is 19.3 Å². The Labute approximate surface area is 94.4 Å². The number of quaternary nitrogens is 1. The molecule has 0 aliphatic carbocycles. The van der Waals surface area contributed by atoms with Gasteiger partial charge in [0.15, 0.2) is 0 Å². The minimum atomic E-state index is -4.25. The molecule has 0 saturated carbocycles. The molecule has 0 saturated heterocycles. The molecule has 0 heterocycles. The van der Waals surface area contributed by atoms with Crippen LogP contribution in [0.25, 0.3) is 0 Å². The van der Waals surface area contributed by atoms with Gasteiger partial charge in [-0.05, 0) is 6.42 Å². The summed E-state index contributed by atoms with van der Waals surface area (Å²) in [6.07, 6.45) is 0.189. The number of aliphatic hydroxyl groups is 1. The monoisotopic (exact) mass is 256 g/mol. The predicted octanol–water partition coefficient (Wildman–Crippen LogP) is -0.312. The molecule has 2 unspecified atom stereocenters. The van der Waals surface area contributed by atoms with Crippen LogP contribution in [0.3, 0.4) is 0 Å². The Hall–Kier alpha value is -0.460. The highest BCUT2D eigenvalue weighted by molar-refractivity contribution is 7.54. The second kappa shape index (κ2) is 5.75. The minimum absolute atomic E-state index is 0.145. The number of rotatable bonds is 7. The van der Waals surface area contributed by atoms with Gasteiger partial charge in [-0.25, -0.2) is 4.79 Å². The fraction of sp³-hybridized carbons (Fsp3) is 0.875. The Morgan fingerprint density at radius 3 is 2.25 bits per heavy atom. The second-order valence-corrected chi connectivity index (χ2v) is 6.18. The minimum Gasteiger partial charge on any atom is -0.476 e. The Morgan fingerprint density at radius 1 is 1.44 bits per heavy atom. The van der Waals surface area contributed by atoms with E-state index in [9.17, 15) is 14.3 Å². The first-order valence-corrected chi connectivity index (χ1v) is 6.39. The third-order valence-electron chi connectivity index (χ3n) is 1.84. The molecule has 0 spiro atoms. The lowest BCUT2D eigenvalue weighted by Gasteiger charge is -2.32. The van der Waals surface area contributed by atoms with Crippen LogP contribution in [0.2, 0.25) is 0 Å². The molecule has 8 heteroatoms. The van der Waals surface area contributed by atoms with Crippen LogP contribution in [-0.4, -0.2) is 65.7 Å². The third-order valence-corrected chi connectivity index (χ3v) is 3.93. The van der Waals surface area contributed by atoms with E-state index in [0.717, 1.165) is 0 Å². The number of likely N-dealkylation sites (N-methyl/N-ethyl adjacent to an activating group) is 1. The number of nitrogens with zero attached hydrogens (tertiary/aromatic N) is 1. The van der Waals surface area contributed by atoms with Crippen molar-refractivity contribution < 1.29 is 33.5 Å². The first-order chi connectivity index (χ1) is 7.13. The average molecular weight is 256 g/mol. The number of hydrogen-bond donors (Lipinski definition) is 3. The molecule has 0 aromatic rings. The SMILES string of the molecule is C[N+](C)(C)C(C(=O)O)P(=O)(O)OCCCO. The van der Waals surface area contributed by atoms with Crippen LogP contribution in [0.5, 0.6) is 0 Å². The summed E-state index contributed by atoms with van der Waals surface area (Å²) >= 11 is 0. The maximum atomic E-state index is 11.7. The first kappa shape index (κ1) is 15.5. The maximum Gasteiger partial charge on any atom is 0.396 e. The van der Waals surface area contributed by atoms with E-state index in [-0.39, 0.29) is 24.1 Å². The lowest BCUT2D eigenvalue weighted by atomic mass is 10.5. The van der Waals surface area contributed by atoms with E-state index in [1.165, 1.54) is 21.1 Å². The smallest absolute Gasteiger partial charge is 0.396 e. The zero-order chi connectivity index (χ0) is 13.0. The van der Waals surface area contributed by atoms with E-state index in [1.807, 2.05) is 0 Å². The van der Waals surface area contributed by atoms with Crippen LogP contribution in [0.1, 0.15) is 6.42 Å². The lowest BCUT2D eigenvalue weighted by Crippen LogP contribution is -2.49. The van der Waals surface area contributed by atoms with Crippen molar-refractivity contribution in [2.75, 3.05) is 34.4 Å². The molecule has 7 nitrogen and oxygen atoms in total. The molecule has 0 fully saturated rings. The zero-order valence-corrected chi connectivity index (χ0v) is 10.6. The van der Waals surface area contributed by atoms with E-state index in [4.69, 9.17) is 10.2 Å². The van der Waals surface area contributed by atoms with Gasteiger partial charge in [0.05, 0.1) is 27.7 Å². The van der Waals surface area contributed by atoms with E-state index >= 15 is 0 Å². The summed E-state index contributed by atoms with van der Waals surface area (Å²) in [5.41, 5.74) is 0. The fourth-order valence-corrected chi connectivity index (χ4v) is 2.93. The van der Waals surface area contributed by atoms with E-state index in [2.05, 4.69) is 4.52 Å². The van der Waals surface area contributed by atoms with Crippen LogP contribution in [-0.2, 0) is 13.9 Å². The zero-order valence-electron chi connectivity index (χ0n) is 9.66. The van der Waals surface area contributed by atoms with Crippen LogP contribution in [0.15, 0.2) is 0 Å². The summed E-state index contributed by atoms with van der Waals surface area (Å²) in [4.78, 5) is 20.5. The van der Waals surface area contributed by atoms with E-state index in [0.29, 0.717) is 0 Å². The van der Waals surface area contributed by atoms with Gasteiger partial charge in [0, 0.05) is 6.61 Å². The second-order valence-electron chi connectivity index (χ2n) is 4.30. The van der Waals surface area contributed by atoms with Gasteiger partial charge in [-0.1, -0.05) is 0 Å². The molecular weight excluding hydrogens is 237 g/mol. The van der Waals surface area contributed by atoms with Crippen molar-refractivity contribution in [2.24, 2.45) is 0 Å². The molecule has 0 radical (unpaired) electrons. The summed E-state index contributed by atoms with van der Waals surface area (Å²) < 4.78 is 16.2. The van der Waals surface area contributed by atoms with Gasteiger partial charge in [-0.3, -0.25) is 4.57 Å². The number of aliphatic hydroxyl groups excluding tert-OH is 1. The van der Waals surface area contributed by atoms with E-state index in [1.54, 1.807) is 0 Å². The van der Waals surface area contributed by atoms with Crippen molar-refractivity contribution in [1.82, 2.24) is 0 Å². The van der Waals surface area contributed by atoms with Gasteiger partial charge >= 0.3 is 13.6 Å². The van der Waals surface area contributed by atoms with Crippen molar-refractivity contribution in [3.05, 3.63) is 0 Å². The van der Waals surface area contributed by atoms with Crippen molar-refractivity contribution in [2.45, 2.75) is 12.2 Å². The summed E-state index contributed by atoms with van der Waals surface area (Å²) in [6.45, 7) is -0.323. The number of carbonyl (C=O) groups is 1. The Morgan fingerprint density at radius 2 is 1.94 bits per heavy atom. The highest BCUT2D eigenvalue weighted by atomic mass is 31.2.